The van der Waals surface area contributed by atoms with E-state index in [1.54, 1.807) is 0 Å². The average molecular weight is 1580 g/mol. The zero-order valence-corrected chi connectivity index (χ0v) is 70.6. The van der Waals surface area contributed by atoms with Crippen LogP contribution in [0.4, 0.5) is 0 Å². The SMILES string of the molecule is CCc1ccc(-c2nc(C)nc3ccccc23)cc1.CCc1ccc2nc(C)ncc2c1.CCc1ccnc(-n2c3ccccc3c3cc(C)ccc32)c1.Cc1ccc(-n2c3ccccc3c3c2ccc2c4ccc(C)cc4n(-c4ccccc4)c23)cc1.Cc1ccc2c3cc4c5ccc(C)cc5n(-c5ccccc5)c4cc3n(-c3ccccc3)c2c1. The Morgan fingerprint density at radius 1 is 0.246 bits per heavy atom. The van der Waals surface area contributed by atoms with Gasteiger partial charge >= 0.3 is 0 Å². The van der Waals surface area contributed by atoms with E-state index in [0.717, 1.165) is 69.8 Å². The number of pyridine rings is 1. The minimum Gasteiger partial charge on any atom is -0.309 e. The minimum absolute atomic E-state index is 0.813. The lowest BCUT2D eigenvalue weighted by molar-refractivity contribution is 1.04. The van der Waals surface area contributed by atoms with Gasteiger partial charge in [0.05, 0.1) is 71.9 Å². The van der Waals surface area contributed by atoms with Crippen LogP contribution in [0, 0.1) is 48.5 Å². The van der Waals surface area contributed by atoms with Gasteiger partial charge in [-0.15, -0.1) is 0 Å². The van der Waals surface area contributed by atoms with E-state index in [1.165, 1.54) is 176 Å². The second kappa shape index (κ2) is 32.8. The van der Waals surface area contributed by atoms with Crippen molar-refractivity contribution in [1.82, 2.24) is 47.8 Å². The van der Waals surface area contributed by atoms with Crippen molar-refractivity contribution in [2.24, 2.45) is 0 Å². The Bertz CT molecular complexity index is 7740. The van der Waals surface area contributed by atoms with E-state index >= 15 is 0 Å². The topological polar surface area (TPSA) is 89.1 Å². The summed E-state index contributed by atoms with van der Waals surface area (Å²) < 4.78 is 11.9. The van der Waals surface area contributed by atoms with Gasteiger partial charge in [0.15, 0.2) is 0 Å². The van der Waals surface area contributed by atoms with E-state index in [9.17, 15) is 0 Å². The van der Waals surface area contributed by atoms with E-state index < -0.39 is 0 Å². The Kier molecular flexibility index (Phi) is 20.7. The zero-order chi connectivity index (χ0) is 83.2. The fraction of sp³-hybridized carbons (Fsp3) is 0.116. The number of para-hydroxylation sites is 6. The Morgan fingerprint density at radius 3 is 1.30 bits per heavy atom. The van der Waals surface area contributed by atoms with Crippen LogP contribution < -0.4 is 0 Å². The van der Waals surface area contributed by atoms with Crippen LogP contribution in [0.25, 0.3) is 171 Å². The normalized spacial score (nSPS) is 11.5. The Labute approximate surface area is 710 Å². The second-order valence-electron chi connectivity index (χ2n) is 32.1. The zero-order valence-electron chi connectivity index (χ0n) is 70.6. The van der Waals surface area contributed by atoms with Crippen LogP contribution in [0.5, 0.6) is 0 Å². The van der Waals surface area contributed by atoms with Crippen LogP contribution in [0.1, 0.15) is 76.9 Å². The first kappa shape index (κ1) is 77.1. The van der Waals surface area contributed by atoms with Crippen molar-refractivity contribution in [1.29, 1.82) is 0 Å². The van der Waals surface area contributed by atoms with Crippen molar-refractivity contribution >= 4 is 131 Å². The van der Waals surface area contributed by atoms with Crippen molar-refractivity contribution in [3.05, 3.63) is 408 Å². The molecule has 592 valence electrons. The first-order chi connectivity index (χ1) is 59.7. The molecular formula is C112H94N10. The largest absolute Gasteiger partial charge is 0.309 e. The van der Waals surface area contributed by atoms with Crippen LogP contribution in [0.3, 0.4) is 0 Å². The molecule has 0 saturated heterocycles. The van der Waals surface area contributed by atoms with Crippen molar-refractivity contribution in [3.63, 3.8) is 0 Å². The van der Waals surface area contributed by atoms with Gasteiger partial charge in [0, 0.05) is 105 Å². The summed E-state index contributed by atoms with van der Waals surface area (Å²) in [6.45, 7) is 21.1. The van der Waals surface area contributed by atoms with E-state index in [2.05, 4.69) is 425 Å². The Morgan fingerprint density at radius 2 is 0.680 bits per heavy atom. The molecule has 23 rings (SSSR count). The van der Waals surface area contributed by atoms with E-state index in [4.69, 9.17) is 0 Å². The molecule has 8 heterocycles. The Balaban J connectivity index is 0.000000104. The van der Waals surface area contributed by atoms with Gasteiger partial charge in [0.1, 0.15) is 17.5 Å². The summed E-state index contributed by atoms with van der Waals surface area (Å²) in [5, 5.41) is 15.1. The first-order valence-corrected chi connectivity index (χ1v) is 42.4. The number of aryl methyl sites for hydroxylation is 10. The quantitative estimate of drug-likeness (QED) is 0.144. The van der Waals surface area contributed by atoms with Crippen LogP contribution >= 0.6 is 0 Å². The lowest BCUT2D eigenvalue weighted by atomic mass is 10.0. The van der Waals surface area contributed by atoms with Gasteiger partial charge in [-0.05, 0) is 241 Å². The maximum atomic E-state index is 4.62. The summed E-state index contributed by atoms with van der Waals surface area (Å²) in [5.41, 5.74) is 31.7. The smallest absolute Gasteiger partial charge is 0.137 e. The highest BCUT2D eigenvalue weighted by atomic mass is 15.1. The highest BCUT2D eigenvalue weighted by Gasteiger charge is 2.24. The van der Waals surface area contributed by atoms with Gasteiger partial charge in [-0.1, -0.05) is 232 Å². The summed E-state index contributed by atoms with van der Waals surface area (Å²) in [4.78, 5) is 22.2. The molecule has 0 aliphatic heterocycles. The number of fused-ring (bicyclic) bond motifs is 18. The predicted octanol–water partition coefficient (Wildman–Crippen LogP) is 28.7. The molecule has 0 saturated carbocycles. The number of hydrogen-bond donors (Lipinski definition) is 0. The standard InChI is InChI=1S/2C32H24N2.C20H18N2.C17H16N2.C11H12N2/c1-21-13-15-25-27-19-28-26-16-14-22(2)18-30(26)34(24-11-7-4-8-12-24)32(28)20-31(27)33(29(25)17-21)23-9-5-3-6-10-23;1-21-12-15-24(16-13-21)33-28-11-7-6-10-27(28)31-29(33)19-18-26-25-17-14-22(2)20-30(25)34(32(26)31)23-8-4-3-5-9-23;1-3-15-10-11-21-20(13-15)22-18-7-5-4-6-16(18)17-12-14(2)8-9-19(17)22;1-3-13-8-10-14(11-9-13)17-15-6-4-5-7-16(15)18-12(2)19-17;1-3-9-4-5-11-10(6-9)7-12-8(2)13-11/h2*3-20H,1-2H3;4-13H,3H2,1-2H3;4-11H,3H2,1-2H3;4-7H,3H2,1-2H3. The van der Waals surface area contributed by atoms with Gasteiger partial charge in [-0.2, -0.15) is 0 Å². The molecular weight excluding hydrogens is 1490 g/mol. The van der Waals surface area contributed by atoms with Crippen molar-refractivity contribution in [2.45, 2.75) is 88.5 Å². The number of aromatic nitrogens is 10. The summed E-state index contributed by atoms with van der Waals surface area (Å²) >= 11 is 0. The van der Waals surface area contributed by atoms with Gasteiger partial charge in [-0.25, -0.2) is 24.9 Å². The van der Waals surface area contributed by atoms with Gasteiger partial charge < -0.3 is 18.3 Å². The molecule has 15 aromatic carbocycles. The Hall–Kier alpha value is -14.9. The summed E-state index contributed by atoms with van der Waals surface area (Å²) in [6.07, 6.45) is 6.93. The molecule has 10 heteroatoms. The molecule has 0 atom stereocenters. The highest BCUT2D eigenvalue weighted by Crippen LogP contribution is 2.45. The van der Waals surface area contributed by atoms with Crippen LogP contribution in [0.2, 0.25) is 0 Å². The van der Waals surface area contributed by atoms with Crippen LogP contribution in [-0.4, -0.2) is 47.8 Å². The monoisotopic (exact) mass is 1580 g/mol. The van der Waals surface area contributed by atoms with Gasteiger partial charge in [0.2, 0.25) is 0 Å². The fourth-order valence-corrected chi connectivity index (χ4v) is 17.8. The molecule has 0 aliphatic carbocycles. The number of nitrogens with zero attached hydrogens (tertiary/aromatic N) is 10. The molecule has 0 radical (unpaired) electrons. The molecule has 0 fully saturated rings. The highest BCUT2D eigenvalue weighted by molar-refractivity contribution is 6.26. The third kappa shape index (κ3) is 14.4. The molecule has 0 N–H and O–H groups in total. The molecule has 0 spiro atoms. The molecule has 122 heavy (non-hydrogen) atoms. The van der Waals surface area contributed by atoms with Gasteiger partial charge in [0.25, 0.3) is 0 Å². The molecule has 0 amide bonds. The summed E-state index contributed by atoms with van der Waals surface area (Å²) in [7, 11) is 0. The lowest BCUT2D eigenvalue weighted by Gasteiger charge is -2.10. The van der Waals surface area contributed by atoms with Crippen molar-refractivity contribution in [3.8, 4) is 39.8 Å². The molecule has 10 nitrogen and oxygen atoms in total. The average Bonchev–Trinajstić information content (AvgIpc) is 1.56. The number of benzene rings is 15. The number of rotatable bonds is 9. The third-order valence-corrected chi connectivity index (χ3v) is 23.8. The van der Waals surface area contributed by atoms with E-state index in [-0.39, 0.29) is 0 Å². The van der Waals surface area contributed by atoms with E-state index in [1.807, 2.05) is 44.4 Å². The van der Waals surface area contributed by atoms with Crippen molar-refractivity contribution < 1.29 is 0 Å². The van der Waals surface area contributed by atoms with Crippen molar-refractivity contribution in [2.75, 3.05) is 0 Å². The minimum atomic E-state index is 0.813. The molecule has 0 unspecified atom stereocenters. The molecule has 0 aliphatic rings. The molecule has 23 aromatic rings. The van der Waals surface area contributed by atoms with Crippen LogP contribution in [0.15, 0.2) is 352 Å². The van der Waals surface area contributed by atoms with Crippen LogP contribution in [-0.2, 0) is 19.3 Å². The first-order valence-electron chi connectivity index (χ1n) is 42.4. The summed E-state index contributed by atoms with van der Waals surface area (Å²) in [6, 6.07) is 122. The van der Waals surface area contributed by atoms with Gasteiger partial charge in [-0.3, -0.25) is 4.57 Å². The lowest BCUT2D eigenvalue weighted by Crippen LogP contribution is -1.98. The number of hydrogen-bond acceptors (Lipinski definition) is 5. The maximum absolute atomic E-state index is 4.62. The van der Waals surface area contributed by atoms with E-state index in [0.29, 0.717) is 0 Å². The second-order valence-corrected chi connectivity index (χ2v) is 32.1. The third-order valence-electron chi connectivity index (χ3n) is 23.8. The summed E-state index contributed by atoms with van der Waals surface area (Å²) in [5.74, 6) is 2.64. The predicted molar refractivity (Wildman–Crippen MR) is 515 cm³/mol. The maximum Gasteiger partial charge on any atom is 0.137 e. The molecule has 0 bridgehead atoms. The fourth-order valence-electron chi connectivity index (χ4n) is 17.8. The molecule has 8 aromatic heterocycles.